The summed E-state index contributed by atoms with van der Waals surface area (Å²) in [6, 6.07) is 31.9. The van der Waals surface area contributed by atoms with Gasteiger partial charge in [0.05, 0.1) is 11.0 Å². The van der Waals surface area contributed by atoms with Gasteiger partial charge in [0.25, 0.3) is 0 Å². The molecule has 0 unspecified atom stereocenters. The lowest BCUT2D eigenvalue weighted by Gasteiger charge is -2.18. The van der Waals surface area contributed by atoms with Crippen molar-refractivity contribution in [2.24, 2.45) is 0 Å². The van der Waals surface area contributed by atoms with E-state index in [4.69, 9.17) is 9.90 Å². The van der Waals surface area contributed by atoms with E-state index in [9.17, 15) is 5.48 Å². The molecule has 0 bridgehead atoms. The number of fused-ring (bicyclic) bond motifs is 6. The normalized spacial score (nSPS) is 14.3. The molecule has 1 heteroatoms. The second kappa shape index (κ2) is 9.44. The highest BCUT2D eigenvalue weighted by Gasteiger charge is 2.18. The van der Waals surface area contributed by atoms with Gasteiger partial charge in [0.15, 0.2) is 0 Å². The molecule has 9 aromatic rings. The molecular formula is C42H26O. The molecule has 43 heavy (non-hydrogen) atoms. The smallest absolute Gasteiger partial charge is 0.136 e. The Bertz CT molecular complexity index is 2850. The van der Waals surface area contributed by atoms with Crippen molar-refractivity contribution in [1.82, 2.24) is 0 Å². The standard InChI is InChI=1S/C42H26O/c1-2-10-27(11-3-1)28-18-20-29(21-19-28)41-33-14-6-8-16-35(33)42(36-17-9-7-15-34(36)41)32-22-23-39-37(25-32)38-24-30-12-4-5-13-31(30)26-40(38)43-39/h1-26H/i6D,7D,8D,9D,14D,15D,16D,17D. The molecule has 1 nitrogen and oxygen atoms in total. The summed E-state index contributed by atoms with van der Waals surface area (Å²) in [5.41, 5.74) is 4.97. The molecule has 0 fully saturated rings. The van der Waals surface area contributed by atoms with Crippen LogP contribution >= 0.6 is 0 Å². The highest BCUT2D eigenvalue weighted by molar-refractivity contribution is 6.22. The first-order valence-electron chi connectivity index (χ1n) is 18.1. The van der Waals surface area contributed by atoms with Crippen LogP contribution in [0.2, 0.25) is 0 Å². The van der Waals surface area contributed by atoms with Crippen LogP contribution in [0.25, 0.3) is 87.6 Å². The molecule has 0 atom stereocenters. The van der Waals surface area contributed by atoms with Crippen LogP contribution in [0.5, 0.6) is 0 Å². The van der Waals surface area contributed by atoms with E-state index in [1.54, 1.807) is 12.1 Å². The van der Waals surface area contributed by atoms with Crippen LogP contribution in [0, 0.1) is 0 Å². The Morgan fingerprint density at radius 2 is 0.860 bits per heavy atom. The van der Waals surface area contributed by atoms with E-state index in [2.05, 4.69) is 6.07 Å². The van der Waals surface area contributed by atoms with E-state index >= 15 is 0 Å². The molecule has 0 spiro atoms. The average molecular weight is 555 g/mol. The van der Waals surface area contributed by atoms with Gasteiger partial charge in [-0.3, -0.25) is 0 Å². The lowest BCUT2D eigenvalue weighted by molar-refractivity contribution is 0.669. The van der Waals surface area contributed by atoms with Crippen molar-refractivity contribution >= 4 is 54.3 Å². The van der Waals surface area contributed by atoms with E-state index in [1.165, 1.54) is 0 Å². The number of furan rings is 1. The minimum atomic E-state index is -0.430. The molecule has 0 aliphatic carbocycles. The van der Waals surface area contributed by atoms with E-state index in [0.717, 1.165) is 32.7 Å². The van der Waals surface area contributed by atoms with Crippen molar-refractivity contribution in [2.45, 2.75) is 0 Å². The molecule has 0 amide bonds. The van der Waals surface area contributed by atoms with Gasteiger partial charge in [0.2, 0.25) is 0 Å². The van der Waals surface area contributed by atoms with Crippen LogP contribution in [0.15, 0.2) is 162 Å². The number of rotatable bonds is 3. The summed E-state index contributed by atoms with van der Waals surface area (Å²) in [7, 11) is 0. The Hall–Kier alpha value is -5.66. The van der Waals surface area contributed by atoms with Gasteiger partial charge in [-0.2, -0.15) is 0 Å². The molecule has 0 saturated carbocycles. The largest absolute Gasteiger partial charge is 0.456 e. The Balaban J connectivity index is 1.45. The van der Waals surface area contributed by atoms with Gasteiger partial charge in [0.1, 0.15) is 11.2 Å². The summed E-state index contributed by atoms with van der Waals surface area (Å²) in [5, 5.41) is 4.42. The summed E-state index contributed by atoms with van der Waals surface area (Å²) in [6.07, 6.45) is 0. The Labute approximate surface area is 260 Å². The van der Waals surface area contributed by atoms with Crippen LogP contribution in [0.4, 0.5) is 0 Å². The van der Waals surface area contributed by atoms with Crippen LogP contribution in [-0.2, 0) is 0 Å². The van der Waals surface area contributed by atoms with Gasteiger partial charge < -0.3 is 4.42 Å². The maximum Gasteiger partial charge on any atom is 0.136 e. The monoisotopic (exact) mass is 554 g/mol. The second-order valence-corrected chi connectivity index (χ2v) is 10.7. The van der Waals surface area contributed by atoms with Gasteiger partial charge in [-0.25, -0.2) is 0 Å². The third-order valence-electron chi connectivity index (χ3n) is 8.28. The van der Waals surface area contributed by atoms with Crippen LogP contribution in [0.1, 0.15) is 11.0 Å². The summed E-state index contributed by atoms with van der Waals surface area (Å²) in [6.45, 7) is 0. The first kappa shape index (κ1) is 17.3. The fourth-order valence-electron chi connectivity index (χ4n) is 6.28. The molecular weight excluding hydrogens is 520 g/mol. The van der Waals surface area contributed by atoms with Crippen molar-refractivity contribution in [1.29, 1.82) is 0 Å². The molecule has 0 saturated heterocycles. The summed E-state index contributed by atoms with van der Waals surface area (Å²) in [4.78, 5) is 0. The molecule has 0 N–H and O–H groups in total. The fourth-order valence-corrected chi connectivity index (χ4v) is 6.28. The van der Waals surface area contributed by atoms with Gasteiger partial charge >= 0.3 is 0 Å². The van der Waals surface area contributed by atoms with Crippen molar-refractivity contribution < 1.29 is 15.4 Å². The summed E-state index contributed by atoms with van der Waals surface area (Å²) >= 11 is 0. The Morgan fingerprint density at radius 3 is 1.51 bits per heavy atom. The minimum Gasteiger partial charge on any atom is -0.456 e. The molecule has 0 aliphatic heterocycles. The second-order valence-electron chi connectivity index (χ2n) is 10.7. The Morgan fingerprint density at radius 1 is 0.372 bits per heavy atom. The molecule has 0 radical (unpaired) electrons. The highest BCUT2D eigenvalue weighted by Crippen LogP contribution is 2.45. The summed E-state index contributed by atoms with van der Waals surface area (Å²) < 4.78 is 78.2. The zero-order valence-electron chi connectivity index (χ0n) is 30.8. The molecule has 1 aromatic heterocycles. The van der Waals surface area contributed by atoms with Gasteiger partial charge in [-0.05, 0) is 90.0 Å². The van der Waals surface area contributed by atoms with Crippen LogP contribution < -0.4 is 0 Å². The van der Waals surface area contributed by atoms with Gasteiger partial charge in [-0.1, -0.05) is 133 Å². The SMILES string of the molecule is [2H]c1c([2H])c([2H])c2c(-c3ccc4oc5cc6ccccc6cc5c4c3)c3c([2H])c([2H])c([2H])c([2H])c3c(-c3ccc(-c4ccccc4)cc3)c2c1[2H]. The number of hydrogen-bond acceptors (Lipinski definition) is 1. The maximum absolute atomic E-state index is 9.27. The Kier molecular flexibility index (Phi) is 3.80. The third kappa shape index (κ3) is 3.79. The minimum absolute atomic E-state index is 0.179. The number of benzene rings is 8. The molecule has 9 rings (SSSR count). The van der Waals surface area contributed by atoms with Crippen molar-refractivity contribution in [2.75, 3.05) is 0 Å². The topological polar surface area (TPSA) is 13.1 Å². The van der Waals surface area contributed by atoms with E-state index in [0.29, 0.717) is 33.4 Å². The fraction of sp³-hybridized carbons (Fsp3) is 0. The first-order valence-corrected chi connectivity index (χ1v) is 14.1. The van der Waals surface area contributed by atoms with Gasteiger partial charge in [-0.15, -0.1) is 0 Å². The average Bonchev–Trinajstić information content (AvgIpc) is 3.52. The molecule has 0 aliphatic rings. The third-order valence-corrected chi connectivity index (χ3v) is 8.28. The zero-order chi connectivity index (χ0) is 35.3. The van der Waals surface area contributed by atoms with E-state index < -0.39 is 24.2 Å². The highest BCUT2D eigenvalue weighted by atomic mass is 16.3. The van der Waals surface area contributed by atoms with Crippen molar-refractivity contribution in [3.63, 3.8) is 0 Å². The molecule has 200 valence electrons. The van der Waals surface area contributed by atoms with E-state index in [-0.39, 0.29) is 45.7 Å². The van der Waals surface area contributed by atoms with Crippen LogP contribution in [0.3, 0.4) is 0 Å². The predicted molar refractivity (Wildman–Crippen MR) is 183 cm³/mol. The first-order chi connectivity index (χ1) is 24.6. The maximum atomic E-state index is 9.27. The molecule has 1 heterocycles. The zero-order valence-corrected chi connectivity index (χ0v) is 22.8. The van der Waals surface area contributed by atoms with E-state index in [1.807, 2.05) is 91.0 Å². The number of hydrogen-bond donors (Lipinski definition) is 0. The van der Waals surface area contributed by atoms with Crippen molar-refractivity contribution in [3.8, 4) is 33.4 Å². The lowest BCUT2D eigenvalue weighted by Crippen LogP contribution is -1.91. The molecule has 8 aromatic carbocycles. The lowest BCUT2D eigenvalue weighted by atomic mass is 9.85. The predicted octanol–water partition coefficient (Wildman–Crippen LogP) is 12.0. The van der Waals surface area contributed by atoms with Crippen LogP contribution in [-0.4, -0.2) is 0 Å². The quantitative estimate of drug-likeness (QED) is 0.198. The van der Waals surface area contributed by atoms with Gasteiger partial charge in [0, 0.05) is 10.8 Å². The summed E-state index contributed by atoms with van der Waals surface area (Å²) in [5.74, 6) is 0. The van der Waals surface area contributed by atoms with Crippen molar-refractivity contribution in [3.05, 3.63) is 158 Å².